The van der Waals surface area contributed by atoms with Crippen LogP contribution in [0.1, 0.15) is 27.2 Å². The van der Waals surface area contributed by atoms with Gasteiger partial charge in [-0.2, -0.15) is 0 Å². The normalized spacial score (nSPS) is 14.1. The van der Waals surface area contributed by atoms with E-state index >= 15 is 0 Å². The Hall–Kier alpha value is -2.77. The Bertz CT molecular complexity index is 1020. The summed E-state index contributed by atoms with van der Waals surface area (Å²) in [4.78, 5) is 24.0. The summed E-state index contributed by atoms with van der Waals surface area (Å²) < 4.78 is 5.41. The maximum absolute atomic E-state index is 12.8. The number of benzene rings is 1. The molecule has 2 aromatic heterocycles. The third-order valence-electron chi connectivity index (χ3n) is 4.98. The van der Waals surface area contributed by atoms with Gasteiger partial charge in [0.05, 0.1) is 13.2 Å². The first-order valence-corrected chi connectivity index (χ1v) is 10.5. The lowest BCUT2D eigenvalue weighted by atomic mass is 10.1. The molecule has 0 radical (unpaired) electrons. The molecule has 1 aromatic carbocycles. The molecule has 1 amide bonds. The Labute approximate surface area is 174 Å². The summed E-state index contributed by atoms with van der Waals surface area (Å²) in [6, 6.07) is 8.09. The second-order valence-electron chi connectivity index (χ2n) is 7.27. The highest BCUT2D eigenvalue weighted by Gasteiger charge is 2.17. The Balaban J connectivity index is 1.53. The van der Waals surface area contributed by atoms with Crippen LogP contribution in [0.4, 0.5) is 11.5 Å². The van der Waals surface area contributed by atoms with Gasteiger partial charge >= 0.3 is 0 Å². The zero-order valence-corrected chi connectivity index (χ0v) is 17.7. The van der Waals surface area contributed by atoms with Gasteiger partial charge < -0.3 is 15.0 Å². The number of ether oxygens (including phenoxy) is 1. The predicted molar refractivity (Wildman–Crippen MR) is 117 cm³/mol. The van der Waals surface area contributed by atoms with Crippen LogP contribution in [0.3, 0.4) is 0 Å². The van der Waals surface area contributed by atoms with E-state index in [0.717, 1.165) is 46.3 Å². The lowest BCUT2D eigenvalue weighted by Crippen LogP contribution is -2.36. The molecule has 1 fully saturated rings. The molecule has 0 spiro atoms. The smallest absolute Gasteiger partial charge is 0.275 e. The number of hydrogen-bond acceptors (Lipinski definition) is 6. The minimum atomic E-state index is -0.190. The average Bonchev–Trinajstić information content (AvgIpc) is 3.22. The van der Waals surface area contributed by atoms with Crippen molar-refractivity contribution in [2.75, 3.05) is 36.5 Å². The number of nitrogens with zero attached hydrogens (tertiary/aromatic N) is 3. The van der Waals surface area contributed by atoms with Crippen LogP contribution in [0.15, 0.2) is 35.8 Å². The van der Waals surface area contributed by atoms with Crippen molar-refractivity contribution in [1.82, 2.24) is 9.97 Å². The van der Waals surface area contributed by atoms with E-state index in [9.17, 15) is 4.79 Å². The quantitative estimate of drug-likeness (QED) is 0.700. The number of pyridine rings is 1. The van der Waals surface area contributed by atoms with Gasteiger partial charge in [0.15, 0.2) is 0 Å². The number of thiazole rings is 1. The van der Waals surface area contributed by atoms with Crippen LogP contribution in [0.2, 0.25) is 0 Å². The molecule has 150 valence electrons. The summed E-state index contributed by atoms with van der Waals surface area (Å²) in [6.45, 7) is 9.15. The summed E-state index contributed by atoms with van der Waals surface area (Å²) in [5.41, 5.74) is 5.53. The fourth-order valence-electron chi connectivity index (χ4n) is 3.58. The number of amides is 1. The fraction of sp³-hybridized carbons (Fsp3) is 0.318. The van der Waals surface area contributed by atoms with E-state index in [4.69, 9.17) is 4.74 Å². The molecule has 7 heteroatoms. The molecule has 0 aliphatic carbocycles. The summed E-state index contributed by atoms with van der Waals surface area (Å²) in [7, 11) is 0. The number of aromatic nitrogens is 2. The molecule has 3 aromatic rings. The molecule has 29 heavy (non-hydrogen) atoms. The van der Waals surface area contributed by atoms with Crippen LogP contribution >= 0.6 is 11.3 Å². The monoisotopic (exact) mass is 408 g/mol. The molecule has 4 rings (SSSR count). The van der Waals surface area contributed by atoms with Gasteiger partial charge in [0.1, 0.15) is 16.5 Å². The Morgan fingerprint density at radius 3 is 2.59 bits per heavy atom. The summed E-state index contributed by atoms with van der Waals surface area (Å²) in [5.74, 6) is 0.725. The molecule has 1 N–H and O–H groups in total. The lowest BCUT2D eigenvalue weighted by molar-refractivity contribution is 0.102. The minimum absolute atomic E-state index is 0.190. The van der Waals surface area contributed by atoms with Gasteiger partial charge in [0, 0.05) is 35.9 Å². The van der Waals surface area contributed by atoms with Gasteiger partial charge in [-0.3, -0.25) is 4.79 Å². The predicted octanol–water partition coefficient (Wildman–Crippen LogP) is 4.22. The van der Waals surface area contributed by atoms with Crippen LogP contribution < -0.4 is 10.2 Å². The van der Waals surface area contributed by atoms with Crippen molar-refractivity contribution in [3.05, 3.63) is 58.2 Å². The first-order chi connectivity index (χ1) is 14.0. The van der Waals surface area contributed by atoms with E-state index in [1.54, 1.807) is 11.6 Å². The van der Waals surface area contributed by atoms with E-state index in [1.807, 2.05) is 26.0 Å². The molecule has 0 atom stereocenters. The van der Waals surface area contributed by atoms with Crippen LogP contribution in [-0.2, 0) is 4.74 Å². The first kappa shape index (κ1) is 19.5. The van der Waals surface area contributed by atoms with Crippen molar-refractivity contribution in [3.8, 4) is 10.6 Å². The molecular formula is C22H24N4O2S. The zero-order chi connectivity index (χ0) is 20.4. The summed E-state index contributed by atoms with van der Waals surface area (Å²) in [5, 5.41) is 5.63. The molecule has 3 heterocycles. The summed E-state index contributed by atoms with van der Waals surface area (Å²) >= 11 is 1.46. The van der Waals surface area contributed by atoms with Crippen molar-refractivity contribution in [3.63, 3.8) is 0 Å². The molecule has 0 bridgehead atoms. The SMILES string of the molecule is Cc1cc(C)c(NC(=O)c2csc(-c3ccnc(N4CCOCC4)c3)n2)c(C)c1. The number of aryl methyl sites for hydroxylation is 3. The van der Waals surface area contributed by atoms with Gasteiger partial charge in [-0.1, -0.05) is 17.7 Å². The Morgan fingerprint density at radius 2 is 1.86 bits per heavy atom. The molecule has 0 saturated carbocycles. The van der Waals surface area contributed by atoms with E-state index in [-0.39, 0.29) is 5.91 Å². The Morgan fingerprint density at radius 1 is 1.14 bits per heavy atom. The highest BCUT2D eigenvalue weighted by Crippen LogP contribution is 2.28. The van der Waals surface area contributed by atoms with E-state index < -0.39 is 0 Å². The highest BCUT2D eigenvalue weighted by atomic mass is 32.1. The molecule has 1 aliphatic rings. The van der Waals surface area contributed by atoms with Crippen LogP contribution in [0, 0.1) is 20.8 Å². The molecule has 6 nitrogen and oxygen atoms in total. The van der Waals surface area contributed by atoms with E-state index in [2.05, 4.69) is 39.2 Å². The highest BCUT2D eigenvalue weighted by molar-refractivity contribution is 7.13. The number of anilines is 2. The van der Waals surface area contributed by atoms with Crippen molar-refractivity contribution in [2.24, 2.45) is 0 Å². The van der Waals surface area contributed by atoms with Crippen molar-refractivity contribution in [2.45, 2.75) is 20.8 Å². The van der Waals surface area contributed by atoms with E-state index in [0.29, 0.717) is 18.9 Å². The third kappa shape index (κ3) is 4.31. The number of morpholine rings is 1. The number of rotatable bonds is 4. The Kier molecular flexibility index (Phi) is 5.60. The number of carbonyl (C=O) groups excluding carboxylic acids is 1. The van der Waals surface area contributed by atoms with Crippen molar-refractivity contribution < 1.29 is 9.53 Å². The minimum Gasteiger partial charge on any atom is -0.378 e. The third-order valence-corrected chi connectivity index (χ3v) is 5.87. The van der Waals surface area contributed by atoms with Crippen LogP contribution in [0.5, 0.6) is 0 Å². The topological polar surface area (TPSA) is 67.4 Å². The van der Waals surface area contributed by atoms with Gasteiger partial charge in [-0.15, -0.1) is 11.3 Å². The van der Waals surface area contributed by atoms with Crippen molar-refractivity contribution >= 4 is 28.7 Å². The van der Waals surface area contributed by atoms with E-state index in [1.165, 1.54) is 16.9 Å². The lowest BCUT2D eigenvalue weighted by Gasteiger charge is -2.27. The zero-order valence-electron chi connectivity index (χ0n) is 16.9. The van der Waals surface area contributed by atoms with Gasteiger partial charge in [0.25, 0.3) is 5.91 Å². The molecular weight excluding hydrogens is 384 g/mol. The first-order valence-electron chi connectivity index (χ1n) is 9.65. The average molecular weight is 409 g/mol. The number of hydrogen-bond donors (Lipinski definition) is 1. The molecule has 1 aliphatic heterocycles. The maximum Gasteiger partial charge on any atom is 0.275 e. The fourth-order valence-corrected chi connectivity index (χ4v) is 4.38. The largest absolute Gasteiger partial charge is 0.378 e. The number of carbonyl (C=O) groups is 1. The van der Waals surface area contributed by atoms with Crippen LogP contribution in [-0.4, -0.2) is 42.2 Å². The standard InChI is InChI=1S/C22H24N4O2S/c1-14-10-15(2)20(16(3)11-14)25-21(27)18-13-29-22(24-18)17-4-5-23-19(12-17)26-6-8-28-9-7-26/h4-5,10-13H,6-9H2,1-3H3,(H,25,27). The maximum atomic E-state index is 12.8. The van der Waals surface area contributed by atoms with Gasteiger partial charge in [-0.25, -0.2) is 9.97 Å². The molecule has 1 saturated heterocycles. The number of nitrogens with one attached hydrogen (secondary N) is 1. The van der Waals surface area contributed by atoms with Crippen LogP contribution in [0.25, 0.3) is 10.6 Å². The second-order valence-corrected chi connectivity index (χ2v) is 8.13. The van der Waals surface area contributed by atoms with Gasteiger partial charge in [-0.05, 0) is 44.0 Å². The van der Waals surface area contributed by atoms with Gasteiger partial charge in [0.2, 0.25) is 0 Å². The van der Waals surface area contributed by atoms with Crippen molar-refractivity contribution in [1.29, 1.82) is 0 Å². The second kappa shape index (κ2) is 8.31. The summed E-state index contributed by atoms with van der Waals surface area (Å²) in [6.07, 6.45) is 1.79. The molecule has 0 unspecified atom stereocenters.